The highest BCUT2D eigenvalue weighted by molar-refractivity contribution is 9.08. The van der Waals surface area contributed by atoms with E-state index in [4.69, 9.17) is 14.2 Å². The number of carbonyl (C=O) groups excluding carboxylic acids is 1. The molecule has 39 heavy (non-hydrogen) atoms. The maximum Gasteiger partial charge on any atom is 0.413 e. The average Bonchev–Trinajstić information content (AvgIpc) is 3.38. The fourth-order valence-electron chi connectivity index (χ4n) is 3.57. The molecule has 0 aliphatic rings. The van der Waals surface area contributed by atoms with E-state index in [2.05, 4.69) is 31.4 Å². The average molecular weight is 614 g/mol. The number of nitrogens with one attached hydrogen (secondary N) is 1. The van der Waals surface area contributed by atoms with Gasteiger partial charge in [0.2, 0.25) is 0 Å². The molecule has 11 heteroatoms. The van der Waals surface area contributed by atoms with E-state index in [0.717, 1.165) is 16.5 Å². The minimum absolute atomic E-state index is 0.129. The van der Waals surface area contributed by atoms with E-state index in [-0.39, 0.29) is 22.2 Å². The Morgan fingerprint density at radius 2 is 1.64 bits per heavy atom. The summed E-state index contributed by atoms with van der Waals surface area (Å²) in [6, 6.07) is 16.0. The van der Waals surface area contributed by atoms with E-state index in [1.807, 2.05) is 24.3 Å². The minimum Gasteiger partial charge on any atom is -0.444 e. The van der Waals surface area contributed by atoms with Gasteiger partial charge >= 0.3 is 6.09 Å². The highest BCUT2D eigenvalue weighted by Crippen LogP contribution is 2.32. The lowest BCUT2D eigenvalue weighted by Crippen LogP contribution is -2.27. The highest BCUT2D eigenvalue weighted by Gasteiger charge is 2.23. The summed E-state index contributed by atoms with van der Waals surface area (Å²) in [5.41, 5.74) is 3.18. The number of amides is 1. The third-order valence-electron chi connectivity index (χ3n) is 5.64. The topological polar surface area (TPSA) is 124 Å². The van der Waals surface area contributed by atoms with E-state index in [1.165, 1.54) is 6.20 Å². The molecule has 2 heterocycles. The van der Waals surface area contributed by atoms with Gasteiger partial charge in [-0.1, -0.05) is 57.5 Å². The molecule has 2 aromatic heterocycles. The molecule has 0 radical (unpaired) electrons. The van der Waals surface area contributed by atoms with Crippen LogP contribution in [0.1, 0.15) is 40.2 Å². The Labute approximate surface area is 236 Å². The third-order valence-corrected chi connectivity index (χ3v) is 8.46. The number of anilines is 1. The van der Waals surface area contributed by atoms with E-state index in [1.54, 1.807) is 65.0 Å². The lowest BCUT2D eigenvalue weighted by atomic mass is 10.1. The predicted molar refractivity (Wildman–Crippen MR) is 153 cm³/mol. The Balaban J connectivity index is 1.73. The number of halogens is 1. The third kappa shape index (κ3) is 6.72. The molecule has 0 aliphatic heterocycles. The highest BCUT2D eigenvalue weighted by atomic mass is 79.9. The number of benzene rings is 2. The molecule has 0 bridgehead atoms. The minimum atomic E-state index is -3.41. The van der Waals surface area contributed by atoms with Crippen molar-refractivity contribution < 1.29 is 22.5 Å². The number of hydrogen-bond donors (Lipinski definition) is 1. The first-order chi connectivity index (χ1) is 18.4. The second kappa shape index (κ2) is 11.3. The first-order valence-electron chi connectivity index (χ1n) is 12.2. The van der Waals surface area contributed by atoms with Crippen molar-refractivity contribution in [1.29, 1.82) is 0 Å². The number of ether oxygens (including phenoxy) is 1. The van der Waals surface area contributed by atoms with E-state index < -0.39 is 26.8 Å². The second-order valence-electron chi connectivity index (χ2n) is 10.1. The molecule has 9 nitrogen and oxygen atoms in total. The fourth-order valence-corrected chi connectivity index (χ4v) is 5.00. The van der Waals surface area contributed by atoms with Crippen LogP contribution in [0.2, 0.25) is 0 Å². The molecule has 1 amide bonds. The molecule has 0 aliphatic carbocycles. The summed E-state index contributed by atoms with van der Waals surface area (Å²) in [6.07, 6.45) is 0.789. The van der Waals surface area contributed by atoms with E-state index >= 15 is 0 Å². The summed E-state index contributed by atoms with van der Waals surface area (Å²) in [4.78, 5) is 21.9. The quantitative estimate of drug-likeness (QED) is 0.224. The van der Waals surface area contributed by atoms with Crippen molar-refractivity contribution in [2.75, 3.05) is 5.32 Å². The summed E-state index contributed by atoms with van der Waals surface area (Å²) in [6.45, 7) is 8.55. The molecule has 204 valence electrons. The van der Waals surface area contributed by atoms with Gasteiger partial charge in [0.05, 0.1) is 22.0 Å². The number of carbonyl (C=O) groups is 1. The number of sulfone groups is 1. The summed E-state index contributed by atoms with van der Waals surface area (Å²) in [5, 5.41) is 7.04. The van der Waals surface area contributed by atoms with Gasteiger partial charge in [-0.3, -0.25) is 5.32 Å². The molecular weight excluding hydrogens is 584 g/mol. The molecule has 1 N–H and O–H groups in total. The fraction of sp³-hybridized carbons (Fsp3) is 0.286. The van der Waals surface area contributed by atoms with Crippen molar-refractivity contribution in [2.45, 2.75) is 55.7 Å². The van der Waals surface area contributed by atoms with Crippen LogP contribution in [-0.4, -0.2) is 40.5 Å². The van der Waals surface area contributed by atoms with Gasteiger partial charge in [-0.25, -0.2) is 23.2 Å². The number of nitrogens with zero attached hydrogens (tertiary/aromatic N) is 3. The van der Waals surface area contributed by atoms with Crippen LogP contribution in [0.4, 0.5) is 10.6 Å². The normalized spacial score (nSPS) is 12.0. The lowest BCUT2D eigenvalue weighted by molar-refractivity contribution is 0.0635. The molecule has 0 spiro atoms. The van der Waals surface area contributed by atoms with Crippen molar-refractivity contribution in [1.82, 2.24) is 15.1 Å². The molecule has 4 rings (SSSR count). The molecule has 0 saturated heterocycles. The van der Waals surface area contributed by atoms with E-state index in [9.17, 15) is 13.2 Å². The van der Waals surface area contributed by atoms with Crippen LogP contribution in [0.15, 0.2) is 70.2 Å². The van der Waals surface area contributed by atoms with Crippen LogP contribution in [0, 0.1) is 0 Å². The van der Waals surface area contributed by atoms with Crippen LogP contribution < -0.4 is 5.32 Å². The van der Waals surface area contributed by atoms with Crippen LogP contribution in [-0.2, 0) is 19.9 Å². The Morgan fingerprint density at radius 1 is 1.03 bits per heavy atom. The zero-order valence-electron chi connectivity index (χ0n) is 22.2. The Kier molecular flexibility index (Phi) is 8.22. The van der Waals surface area contributed by atoms with Crippen molar-refractivity contribution in [3.63, 3.8) is 0 Å². The monoisotopic (exact) mass is 612 g/mol. The molecule has 0 saturated carbocycles. The largest absolute Gasteiger partial charge is 0.444 e. The van der Waals surface area contributed by atoms with Crippen molar-refractivity contribution in [2.24, 2.45) is 0 Å². The summed E-state index contributed by atoms with van der Waals surface area (Å²) in [7, 11) is -3.41. The smallest absolute Gasteiger partial charge is 0.413 e. The molecule has 4 aromatic rings. The summed E-state index contributed by atoms with van der Waals surface area (Å²) < 4.78 is 36.1. The molecule has 0 fully saturated rings. The first-order valence-corrected chi connectivity index (χ1v) is 14.9. The van der Waals surface area contributed by atoms with Crippen molar-refractivity contribution >= 4 is 37.7 Å². The van der Waals surface area contributed by atoms with Gasteiger partial charge in [0.25, 0.3) is 0 Å². The lowest BCUT2D eigenvalue weighted by Gasteiger charge is -2.19. The SMILES string of the molecule is CC(C)S(=O)(=O)c1ccc(-c2cnc(NC(=O)OC(C)(C)C)c(-c3cc(-c4ccc(CBr)cc4)no3)n2)cc1. The van der Waals surface area contributed by atoms with Crippen LogP contribution >= 0.6 is 15.9 Å². The van der Waals surface area contributed by atoms with Gasteiger partial charge < -0.3 is 9.26 Å². The van der Waals surface area contributed by atoms with Crippen LogP contribution in [0.3, 0.4) is 0 Å². The standard InChI is InChI=1S/C28H29BrN4O5S/c1-17(2)39(35,36)21-12-10-20(11-13-21)23-16-30-26(32-27(34)37-28(3,4)5)25(31-23)24-14-22(33-38-24)19-8-6-18(15-29)7-9-19/h6-14,16-17H,15H2,1-5H3,(H,30,32,34). The number of alkyl halides is 1. The maximum atomic E-state index is 12.5. The molecule has 2 aromatic carbocycles. The Bertz CT molecular complexity index is 1580. The molecule has 0 atom stereocenters. The second-order valence-corrected chi connectivity index (χ2v) is 13.2. The van der Waals surface area contributed by atoms with Gasteiger partial charge in [0.1, 0.15) is 11.3 Å². The van der Waals surface area contributed by atoms with Gasteiger partial charge in [0.15, 0.2) is 27.1 Å². The zero-order chi connectivity index (χ0) is 28.4. The van der Waals surface area contributed by atoms with Crippen LogP contribution in [0.25, 0.3) is 34.0 Å². The number of rotatable bonds is 7. The Morgan fingerprint density at radius 3 is 2.23 bits per heavy atom. The first kappa shape index (κ1) is 28.4. The number of hydrogen-bond acceptors (Lipinski definition) is 8. The van der Waals surface area contributed by atoms with Gasteiger partial charge in [-0.05, 0) is 52.3 Å². The predicted octanol–water partition coefficient (Wildman–Crippen LogP) is 6.89. The van der Waals surface area contributed by atoms with Crippen LogP contribution in [0.5, 0.6) is 0 Å². The summed E-state index contributed by atoms with van der Waals surface area (Å²) >= 11 is 3.44. The molecular formula is C28H29BrN4O5S. The van der Waals surface area contributed by atoms with Gasteiger partial charge in [-0.2, -0.15) is 0 Å². The van der Waals surface area contributed by atoms with Crippen molar-refractivity contribution in [3.05, 3.63) is 66.4 Å². The van der Waals surface area contributed by atoms with Gasteiger partial charge in [-0.15, -0.1) is 0 Å². The van der Waals surface area contributed by atoms with Crippen molar-refractivity contribution in [3.8, 4) is 34.0 Å². The van der Waals surface area contributed by atoms with E-state index in [0.29, 0.717) is 17.0 Å². The Hall–Kier alpha value is -3.57. The van der Waals surface area contributed by atoms with Gasteiger partial charge in [0, 0.05) is 22.5 Å². The molecule has 0 unspecified atom stereocenters. The maximum absolute atomic E-state index is 12.5. The number of aromatic nitrogens is 3. The zero-order valence-corrected chi connectivity index (χ0v) is 24.6. The summed E-state index contributed by atoms with van der Waals surface area (Å²) in [5.74, 6) is 0.415.